The molecule has 0 aliphatic heterocycles. The van der Waals surface area contributed by atoms with Gasteiger partial charge in [0.1, 0.15) is 10.0 Å². The standard InChI is InChI=1S/C18H14FN3O3S2/c19-14-9-7-13(8-10-14)12-20-21-18(23)15-4-1-2-5-16(15)22-27(24,25)17-6-3-11-26-17/h1-12,22H,(H,21,23)/b20-12-. The van der Waals surface area contributed by atoms with Gasteiger partial charge in [-0.1, -0.05) is 30.3 Å². The minimum atomic E-state index is -3.78. The van der Waals surface area contributed by atoms with Crippen molar-refractivity contribution in [2.24, 2.45) is 5.10 Å². The molecule has 0 fully saturated rings. The van der Waals surface area contributed by atoms with E-state index >= 15 is 0 Å². The van der Waals surface area contributed by atoms with Crippen molar-refractivity contribution in [3.05, 3.63) is 83.0 Å². The summed E-state index contributed by atoms with van der Waals surface area (Å²) in [5.74, 6) is -0.957. The van der Waals surface area contributed by atoms with E-state index in [-0.39, 0.29) is 21.3 Å². The molecule has 0 unspecified atom stereocenters. The minimum Gasteiger partial charge on any atom is -0.278 e. The summed E-state index contributed by atoms with van der Waals surface area (Å²) in [4.78, 5) is 12.4. The SMILES string of the molecule is O=C(N/N=C\c1ccc(F)cc1)c1ccccc1NS(=O)(=O)c1cccs1. The second-order valence-corrected chi connectivity index (χ2v) is 8.19. The smallest absolute Gasteiger partial charge is 0.273 e. The summed E-state index contributed by atoms with van der Waals surface area (Å²) in [7, 11) is -3.78. The number of carbonyl (C=O) groups is 1. The molecule has 138 valence electrons. The van der Waals surface area contributed by atoms with Crippen LogP contribution in [0.15, 0.2) is 75.4 Å². The summed E-state index contributed by atoms with van der Waals surface area (Å²) >= 11 is 1.07. The Morgan fingerprint density at radius 3 is 2.48 bits per heavy atom. The summed E-state index contributed by atoms with van der Waals surface area (Å²) in [6.45, 7) is 0. The van der Waals surface area contributed by atoms with Crippen molar-refractivity contribution in [3.63, 3.8) is 0 Å². The van der Waals surface area contributed by atoms with Crippen molar-refractivity contribution in [1.29, 1.82) is 0 Å². The van der Waals surface area contributed by atoms with Crippen LogP contribution in [0.1, 0.15) is 15.9 Å². The molecule has 1 heterocycles. The maximum Gasteiger partial charge on any atom is 0.273 e. The van der Waals surface area contributed by atoms with Gasteiger partial charge in [-0.3, -0.25) is 9.52 Å². The lowest BCUT2D eigenvalue weighted by molar-refractivity contribution is 0.0956. The number of benzene rings is 2. The number of hydrazone groups is 1. The van der Waals surface area contributed by atoms with Crippen LogP contribution in [0.3, 0.4) is 0 Å². The monoisotopic (exact) mass is 403 g/mol. The van der Waals surface area contributed by atoms with Gasteiger partial charge >= 0.3 is 0 Å². The maximum absolute atomic E-state index is 12.9. The first kappa shape index (κ1) is 18.7. The molecule has 0 spiro atoms. The number of nitrogens with zero attached hydrogens (tertiary/aromatic N) is 1. The summed E-state index contributed by atoms with van der Waals surface area (Å²) in [6, 6.07) is 14.9. The molecule has 1 amide bonds. The molecule has 1 aromatic heterocycles. The van der Waals surface area contributed by atoms with Gasteiger partial charge in [-0.05, 0) is 41.3 Å². The lowest BCUT2D eigenvalue weighted by atomic mass is 10.2. The number of anilines is 1. The molecule has 0 aliphatic rings. The highest BCUT2D eigenvalue weighted by atomic mass is 32.2. The van der Waals surface area contributed by atoms with E-state index in [1.54, 1.807) is 23.6 Å². The number of carbonyl (C=O) groups excluding carboxylic acids is 1. The van der Waals surface area contributed by atoms with E-state index in [4.69, 9.17) is 0 Å². The molecule has 6 nitrogen and oxygen atoms in total. The van der Waals surface area contributed by atoms with Gasteiger partial charge in [0.15, 0.2) is 0 Å². The van der Waals surface area contributed by atoms with Crippen molar-refractivity contribution >= 4 is 39.2 Å². The second-order valence-electron chi connectivity index (χ2n) is 5.33. The number of para-hydroxylation sites is 1. The Hall–Kier alpha value is -3.04. The van der Waals surface area contributed by atoms with Gasteiger partial charge in [0.05, 0.1) is 17.5 Å². The van der Waals surface area contributed by atoms with Crippen LogP contribution >= 0.6 is 11.3 Å². The van der Waals surface area contributed by atoms with Crippen molar-refractivity contribution in [2.75, 3.05) is 4.72 Å². The van der Waals surface area contributed by atoms with Crippen LogP contribution in [0.2, 0.25) is 0 Å². The number of sulfonamides is 1. The van der Waals surface area contributed by atoms with Crippen LogP contribution in [0.4, 0.5) is 10.1 Å². The lowest BCUT2D eigenvalue weighted by Crippen LogP contribution is -2.21. The van der Waals surface area contributed by atoms with Gasteiger partial charge in [0, 0.05) is 0 Å². The summed E-state index contributed by atoms with van der Waals surface area (Å²) in [5.41, 5.74) is 3.19. The van der Waals surface area contributed by atoms with E-state index in [9.17, 15) is 17.6 Å². The number of hydrogen-bond donors (Lipinski definition) is 2. The first-order chi connectivity index (χ1) is 13.0. The Bertz CT molecular complexity index is 1060. The summed E-state index contributed by atoms with van der Waals surface area (Å²) in [6.07, 6.45) is 1.36. The van der Waals surface area contributed by atoms with Crippen molar-refractivity contribution in [1.82, 2.24) is 5.43 Å². The molecule has 0 saturated heterocycles. The topological polar surface area (TPSA) is 87.6 Å². The molecule has 9 heteroatoms. The number of nitrogens with one attached hydrogen (secondary N) is 2. The zero-order chi connectivity index (χ0) is 19.3. The molecule has 0 bridgehead atoms. The third-order valence-corrected chi connectivity index (χ3v) is 6.19. The molecule has 3 rings (SSSR count). The normalized spacial score (nSPS) is 11.4. The molecule has 27 heavy (non-hydrogen) atoms. The molecule has 2 N–H and O–H groups in total. The lowest BCUT2D eigenvalue weighted by Gasteiger charge is -2.10. The van der Waals surface area contributed by atoms with E-state index in [0.717, 1.165) is 11.3 Å². The van der Waals surface area contributed by atoms with Crippen molar-refractivity contribution < 1.29 is 17.6 Å². The highest BCUT2D eigenvalue weighted by Gasteiger charge is 2.19. The molecule has 0 radical (unpaired) electrons. The molecular weight excluding hydrogens is 389 g/mol. The van der Waals surface area contributed by atoms with Crippen LogP contribution in [0, 0.1) is 5.82 Å². The number of amides is 1. The molecule has 0 saturated carbocycles. The van der Waals surface area contributed by atoms with E-state index in [0.29, 0.717) is 5.56 Å². The van der Waals surface area contributed by atoms with Gasteiger partial charge in [-0.15, -0.1) is 11.3 Å². The largest absolute Gasteiger partial charge is 0.278 e. The minimum absolute atomic E-state index is 0.119. The number of halogens is 1. The average Bonchev–Trinajstić information content (AvgIpc) is 3.19. The average molecular weight is 403 g/mol. The zero-order valence-electron chi connectivity index (χ0n) is 13.8. The van der Waals surface area contributed by atoms with E-state index < -0.39 is 15.9 Å². The summed E-state index contributed by atoms with van der Waals surface area (Å²) < 4.78 is 40.2. The first-order valence-corrected chi connectivity index (χ1v) is 10.1. The maximum atomic E-state index is 12.9. The molecular formula is C18H14FN3O3S2. The highest BCUT2D eigenvalue weighted by molar-refractivity contribution is 7.94. The van der Waals surface area contributed by atoms with Gasteiger partial charge in [0.25, 0.3) is 15.9 Å². The Morgan fingerprint density at radius 2 is 1.78 bits per heavy atom. The van der Waals surface area contributed by atoms with Gasteiger partial charge < -0.3 is 0 Å². The third kappa shape index (κ3) is 4.78. The van der Waals surface area contributed by atoms with E-state index in [1.807, 2.05) is 0 Å². The predicted molar refractivity (Wildman–Crippen MR) is 103 cm³/mol. The van der Waals surface area contributed by atoms with Crippen LogP contribution < -0.4 is 10.1 Å². The van der Waals surface area contributed by atoms with E-state index in [1.165, 1.54) is 48.7 Å². The Balaban J connectivity index is 1.75. The molecule has 3 aromatic rings. The highest BCUT2D eigenvalue weighted by Crippen LogP contribution is 2.22. The quantitative estimate of drug-likeness (QED) is 0.488. The Labute approximate surface area is 159 Å². The molecule has 2 aromatic carbocycles. The van der Waals surface area contributed by atoms with Crippen LogP contribution in [0.5, 0.6) is 0 Å². The van der Waals surface area contributed by atoms with Gasteiger partial charge in [-0.25, -0.2) is 18.2 Å². The zero-order valence-corrected chi connectivity index (χ0v) is 15.4. The number of thiophene rings is 1. The van der Waals surface area contributed by atoms with Crippen molar-refractivity contribution in [2.45, 2.75) is 4.21 Å². The van der Waals surface area contributed by atoms with E-state index in [2.05, 4.69) is 15.2 Å². The Morgan fingerprint density at radius 1 is 1.04 bits per heavy atom. The number of hydrogen-bond acceptors (Lipinski definition) is 5. The summed E-state index contributed by atoms with van der Waals surface area (Å²) in [5, 5.41) is 5.46. The van der Waals surface area contributed by atoms with Crippen molar-refractivity contribution in [3.8, 4) is 0 Å². The second kappa shape index (κ2) is 8.11. The first-order valence-electron chi connectivity index (χ1n) is 7.70. The number of rotatable bonds is 6. The molecule has 0 aliphatic carbocycles. The van der Waals surface area contributed by atoms with Gasteiger partial charge in [0.2, 0.25) is 0 Å². The van der Waals surface area contributed by atoms with Crippen LogP contribution in [-0.2, 0) is 10.0 Å². The predicted octanol–water partition coefficient (Wildman–Crippen LogP) is 3.45. The fourth-order valence-corrected chi connectivity index (χ4v) is 4.23. The molecule has 0 atom stereocenters. The van der Waals surface area contributed by atoms with Crippen LogP contribution in [-0.4, -0.2) is 20.5 Å². The fourth-order valence-electron chi connectivity index (χ4n) is 2.16. The Kier molecular flexibility index (Phi) is 5.63. The third-order valence-electron chi connectivity index (χ3n) is 3.43. The fraction of sp³-hybridized carbons (Fsp3) is 0. The van der Waals surface area contributed by atoms with Crippen LogP contribution in [0.25, 0.3) is 0 Å². The van der Waals surface area contributed by atoms with Gasteiger partial charge in [-0.2, -0.15) is 5.10 Å².